The molecule has 2 nitrogen and oxygen atoms in total. The highest BCUT2D eigenvalue weighted by Gasteiger charge is 2.27. The molecule has 0 radical (unpaired) electrons. The molecule has 3 rings (SSSR count). The van der Waals surface area contributed by atoms with Crippen molar-refractivity contribution < 1.29 is 5.11 Å². The molecule has 0 aliphatic heterocycles. The molecule has 86 valence electrons. The average Bonchev–Trinajstić information content (AvgIpc) is 2.39. The molecule has 0 saturated carbocycles. The lowest BCUT2D eigenvalue weighted by atomic mass is 9.84. The van der Waals surface area contributed by atoms with Crippen LogP contribution in [-0.4, -0.2) is 10.1 Å². The van der Waals surface area contributed by atoms with Gasteiger partial charge in [-0.2, -0.15) is 0 Å². The van der Waals surface area contributed by atoms with E-state index in [1.165, 1.54) is 0 Å². The molecule has 2 aromatic rings. The fourth-order valence-electron chi connectivity index (χ4n) is 2.43. The highest BCUT2D eigenvalue weighted by molar-refractivity contribution is 5.79. The molecule has 1 N–H and O–H groups in total. The van der Waals surface area contributed by atoms with Gasteiger partial charge in [0, 0.05) is 11.6 Å². The van der Waals surface area contributed by atoms with Crippen LogP contribution in [0.25, 0.3) is 10.9 Å². The zero-order chi connectivity index (χ0) is 11.7. The first-order valence-electron chi connectivity index (χ1n) is 6.03. The van der Waals surface area contributed by atoms with Gasteiger partial charge in [-0.15, -0.1) is 0 Å². The molecule has 1 atom stereocenters. The number of aliphatic hydroxyl groups is 1. The number of fused-ring (bicyclic) bond motifs is 1. The van der Waals surface area contributed by atoms with Crippen molar-refractivity contribution in [3.05, 3.63) is 54.2 Å². The van der Waals surface area contributed by atoms with E-state index < -0.39 is 5.60 Å². The smallest absolute Gasteiger partial charge is 0.108 e. The zero-order valence-electron chi connectivity index (χ0n) is 9.63. The van der Waals surface area contributed by atoms with E-state index in [2.05, 4.69) is 11.1 Å². The minimum atomic E-state index is -0.802. The van der Waals surface area contributed by atoms with Crippen molar-refractivity contribution in [1.82, 2.24) is 4.98 Å². The Balaban J connectivity index is 2.11. The Morgan fingerprint density at radius 2 is 2.18 bits per heavy atom. The minimum Gasteiger partial charge on any atom is -0.381 e. The van der Waals surface area contributed by atoms with E-state index in [4.69, 9.17) is 0 Å². The number of pyridine rings is 1. The second-order valence-electron chi connectivity index (χ2n) is 4.63. The van der Waals surface area contributed by atoms with Crippen LogP contribution in [0.3, 0.4) is 0 Å². The van der Waals surface area contributed by atoms with Crippen LogP contribution in [0.2, 0.25) is 0 Å². The average molecular weight is 225 g/mol. The molecule has 1 aliphatic rings. The predicted octanol–water partition coefficient (Wildman–Crippen LogP) is 3.16. The Labute approximate surface area is 101 Å². The van der Waals surface area contributed by atoms with Gasteiger partial charge in [0.25, 0.3) is 0 Å². The summed E-state index contributed by atoms with van der Waals surface area (Å²) in [6.45, 7) is 0. The van der Waals surface area contributed by atoms with Crippen molar-refractivity contribution in [2.75, 3.05) is 0 Å². The summed E-state index contributed by atoms with van der Waals surface area (Å²) in [5, 5.41) is 11.7. The van der Waals surface area contributed by atoms with Crippen LogP contribution in [0.4, 0.5) is 0 Å². The van der Waals surface area contributed by atoms with E-state index in [0.717, 1.165) is 35.7 Å². The Morgan fingerprint density at radius 1 is 1.24 bits per heavy atom. The Bertz CT molecular complexity index is 576. The summed E-state index contributed by atoms with van der Waals surface area (Å²) in [5.41, 5.74) is 1.08. The van der Waals surface area contributed by atoms with Gasteiger partial charge in [0.15, 0.2) is 0 Å². The van der Waals surface area contributed by atoms with Gasteiger partial charge in [-0.25, -0.2) is 0 Å². The first-order valence-corrected chi connectivity index (χ1v) is 6.03. The van der Waals surface area contributed by atoms with Gasteiger partial charge in [0.2, 0.25) is 0 Å². The quantitative estimate of drug-likeness (QED) is 0.756. The Kier molecular flexibility index (Phi) is 2.45. The first-order chi connectivity index (χ1) is 8.28. The van der Waals surface area contributed by atoms with Crippen LogP contribution in [0.15, 0.2) is 48.7 Å². The molecular weight excluding hydrogens is 210 g/mol. The van der Waals surface area contributed by atoms with Crippen molar-refractivity contribution in [3.63, 3.8) is 0 Å². The molecular formula is C15H15NO. The number of nitrogens with zero attached hydrogens (tertiary/aromatic N) is 1. The van der Waals surface area contributed by atoms with E-state index >= 15 is 0 Å². The van der Waals surface area contributed by atoms with Crippen molar-refractivity contribution in [3.8, 4) is 0 Å². The van der Waals surface area contributed by atoms with Gasteiger partial charge in [-0.1, -0.05) is 30.4 Å². The van der Waals surface area contributed by atoms with Crippen LogP contribution in [0.1, 0.15) is 24.8 Å². The number of aromatic nitrogens is 1. The molecule has 1 aromatic heterocycles. The number of hydrogen-bond acceptors (Lipinski definition) is 2. The summed E-state index contributed by atoms with van der Waals surface area (Å²) in [7, 11) is 0. The number of hydrogen-bond donors (Lipinski definition) is 1. The van der Waals surface area contributed by atoms with Crippen LogP contribution in [0, 0.1) is 0 Å². The molecule has 1 aromatic carbocycles. The lowest BCUT2D eigenvalue weighted by Gasteiger charge is -2.28. The number of allylic oxidation sites excluding steroid dienone is 1. The third-order valence-corrected chi connectivity index (χ3v) is 3.43. The van der Waals surface area contributed by atoms with Gasteiger partial charge < -0.3 is 5.11 Å². The number of benzene rings is 1. The molecule has 1 heterocycles. The summed E-state index contributed by atoms with van der Waals surface area (Å²) in [6, 6.07) is 9.98. The van der Waals surface area contributed by atoms with Crippen LogP contribution < -0.4 is 0 Å². The largest absolute Gasteiger partial charge is 0.381 e. The monoisotopic (exact) mass is 225 g/mol. The maximum Gasteiger partial charge on any atom is 0.108 e. The number of rotatable bonds is 1. The second kappa shape index (κ2) is 3.97. The molecule has 0 spiro atoms. The van der Waals surface area contributed by atoms with E-state index in [-0.39, 0.29) is 0 Å². The topological polar surface area (TPSA) is 33.1 Å². The summed E-state index contributed by atoms with van der Waals surface area (Å²) < 4.78 is 0. The predicted molar refractivity (Wildman–Crippen MR) is 68.6 cm³/mol. The van der Waals surface area contributed by atoms with Crippen molar-refractivity contribution in [1.29, 1.82) is 0 Å². The van der Waals surface area contributed by atoms with Crippen molar-refractivity contribution in [2.45, 2.75) is 24.9 Å². The van der Waals surface area contributed by atoms with E-state index in [1.54, 1.807) is 6.20 Å². The van der Waals surface area contributed by atoms with Gasteiger partial charge in [-0.05, 0) is 37.0 Å². The van der Waals surface area contributed by atoms with Gasteiger partial charge in [0.1, 0.15) is 5.60 Å². The van der Waals surface area contributed by atoms with Gasteiger partial charge >= 0.3 is 0 Å². The standard InChI is InChI=1S/C15H15NO/c17-15(8-2-1-3-9-15)13-7-6-12-5-4-10-16-14(12)11-13/h2,4-8,10-11,17H,1,3,9H2. The Hall–Kier alpha value is -1.67. The van der Waals surface area contributed by atoms with Gasteiger partial charge in [0.05, 0.1) is 5.52 Å². The fraction of sp³-hybridized carbons (Fsp3) is 0.267. The Morgan fingerprint density at radius 3 is 3.00 bits per heavy atom. The third-order valence-electron chi connectivity index (χ3n) is 3.43. The van der Waals surface area contributed by atoms with Crippen molar-refractivity contribution in [2.24, 2.45) is 0 Å². The molecule has 0 saturated heterocycles. The van der Waals surface area contributed by atoms with Crippen LogP contribution >= 0.6 is 0 Å². The van der Waals surface area contributed by atoms with Crippen LogP contribution in [0.5, 0.6) is 0 Å². The summed E-state index contributed by atoms with van der Waals surface area (Å²) in [4.78, 5) is 4.33. The molecule has 2 heteroatoms. The van der Waals surface area contributed by atoms with E-state index in [9.17, 15) is 5.11 Å². The maximum atomic E-state index is 10.6. The lowest BCUT2D eigenvalue weighted by molar-refractivity contribution is 0.0727. The normalized spacial score (nSPS) is 24.1. The summed E-state index contributed by atoms with van der Waals surface area (Å²) in [6.07, 6.45) is 8.66. The zero-order valence-corrected chi connectivity index (χ0v) is 9.63. The van der Waals surface area contributed by atoms with Gasteiger partial charge in [-0.3, -0.25) is 4.98 Å². The first kappa shape index (κ1) is 10.5. The third kappa shape index (κ3) is 1.85. The molecule has 0 fully saturated rings. The molecule has 1 aliphatic carbocycles. The molecule has 17 heavy (non-hydrogen) atoms. The minimum absolute atomic E-state index is 0.793. The maximum absolute atomic E-state index is 10.6. The molecule has 1 unspecified atom stereocenters. The van der Waals surface area contributed by atoms with Crippen LogP contribution in [-0.2, 0) is 5.60 Å². The molecule has 0 amide bonds. The van der Waals surface area contributed by atoms with E-state index in [0.29, 0.717) is 0 Å². The fourth-order valence-corrected chi connectivity index (χ4v) is 2.43. The highest BCUT2D eigenvalue weighted by Crippen LogP contribution is 2.33. The van der Waals surface area contributed by atoms with E-state index in [1.807, 2.05) is 36.4 Å². The lowest BCUT2D eigenvalue weighted by Crippen LogP contribution is -2.24. The summed E-state index contributed by atoms with van der Waals surface area (Å²) >= 11 is 0. The van der Waals surface area contributed by atoms with Crippen molar-refractivity contribution >= 4 is 10.9 Å². The SMILES string of the molecule is OC1(c2ccc3cccnc3c2)C=CCCC1. The summed E-state index contributed by atoms with van der Waals surface area (Å²) in [5.74, 6) is 0. The second-order valence-corrected chi connectivity index (χ2v) is 4.63. The molecule has 0 bridgehead atoms. The highest BCUT2D eigenvalue weighted by atomic mass is 16.3.